The minimum Gasteiger partial charge on any atom is -0.424 e. The normalized spacial score (nSPS) is 16.4. The lowest BCUT2D eigenvalue weighted by molar-refractivity contribution is -0.757. The maximum atomic E-state index is 14.2. The van der Waals surface area contributed by atoms with Gasteiger partial charge in [-0.1, -0.05) is 17.7 Å². The van der Waals surface area contributed by atoms with Crippen LogP contribution in [0.1, 0.15) is 41.2 Å². The molecule has 1 amide bonds. The van der Waals surface area contributed by atoms with Crippen molar-refractivity contribution in [2.75, 3.05) is 6.61 Å². The number of hydrogen-bond donors (Lipinski definition) is 1. The van der Waals surface area contributed by atoms with Crippen LogP contribution in [-0.2, 0) is 24.0 Å². The monoisotopic (exact) mass is 482 g/mol. The molecule has 3 rings (SSSR count). The van der Waals surface area contributed by atoms with Crippen molar-refractivity contribution >= 4 is 51.9 Å². The maximum Gasteiger partial charge on any atom is 0.311 e. The Hall–Kier alpha value is -3.31. The predicted molar refractivity (Wildman–Crippen MR) is 112 cm³/mol. The zero-order chi connectivity index (χ0) is 23.4. The summed E-state index contributed by atoms with van der Waals surface area (Å²) in [7, 11) is 0. The lowest BCUT2D eigenvalue weighted by Crippen LogP contribution is -2.25. The fourth-order valence-electron chi connectivity index (χ4n) is 3.26. The molecule has 0 radical (unpaired) electrons. The van der Waals surface area contributed by atoms with Crippen molar-refractivity contribution in [2.24, 2.45) is 5.73 Å². The SMILES string of the molecule is NC(=O)C1C(=O)C(=C(OC(=O)CCCCO[N+](=O)[O-])c2cccs2)c2cc(F)c(Cl)cc21. The number of ether oxygens (including phenoxy) is 1. The number of rotatable bonds is 9. The molecule has 1 aliphatic rings. The minimum atomic E-state index is -1.40. The molecule has 0 bridgehead atoms. The fourth-order valence-corrected chi connectivity index (χ4v) is 4.14. The molecule has 32 heavy (non-hydrogen) atoms. The van der Waals surface area contributed by atoms with Crippen LogP contribution in [0.5, 0.6) is 0 Å². The maximum absolute atomic E-state index is 14.2. The average molecular weight is 483 g/mol. The molecular weight excluding hydrogens is 467 g/mol. The van der Waals surface area contributed by atoms with Crippen LogP contribution >= 0.6 is 22.9 Å². The Kier molecular flexibility index (Phi) is 7.21. The zero-order valence-corrected chi connectivity index (χ0v) is 17.9. The molecule has 1 aromatic heterocycles. The standard InChI is InChI=1S/C20H16ClFN2O7S/c21-12-8-10-11(9-13(12)22)16(18(26)17(10)20(23)27)19(14-4-3-7-32-14)31-15(25)5-1-2-6-30-24(28)29/h3-4,7-9,17H,1-2,5-6H2,(H2,23,27). The molecule has 1 unspecified atom stereocenters. The summed E-state index contributed by atoms with van der Waals surface area (Å²) in [5.41, 5.74) is 5.45. The van der Waals surface area contributed by atoms with E-state index in [0.29, 0.717) is 4.88 Å². The van der Waals surface area contributed by atoms with Gasteiger partial charge in [-0.25, -0.2) is 4.39 Å². The third-order valence-corrected chi connectivity index (χ3v) is 5.78. The smallest absolute Gasteiger partial charge is 0.311 e. The molecule has 1 heterocycles. The first-order chi connectivity index (χ1) is 15.2. The van der Waals surface area contributed by atoms with E-state index in [1.54, 1.807) is 17.5 Å². The first-order valence-electron chi connectivity index (χ1n) is 9.29. The first-order valence-corrected chi connectivity index (χ1v) is 10.6. The molecule has 168 valence electrons. The van der Waals surface area contributed by atoms with Gasteiger partial charge in [-0.2, -0.15) is 0 Å². The summed E-state index contributed by atoms with van der Waals surface area (Å²) in [5.74, 6) is -4.73. The average Bonchev–Trinajstić information content (AvgIpc) is 3.33. The van der Waals surface area contributed by atoms with Gasteiger partial charge in [-0.3, -0.25) is 14.4 Å². The van der Waals surface area contributed by atoms with E-state index in [2.05, 4.69) is 4.84 Å². The number of fused-ring (bicyclic) bond motifs is 1. The number of carbonyl (C=O) groups is 3. The number of benzene rings is 1. The molecule has 1 aliphatic carbocycles. The highest BCUT2D eigenvalue weighted by Gasteiger charge is 2.42. The summed E-state index contributed by atoms with van der Waals surface area (Å²) in [6.07, 6.45) is 0.354. The van der Waals surface area contributed by atoms with Crippen LogP contribution in [0, 0.1) is 15.9 Å². The Morgan fingerprint density at radius 2 is 2.06 bits per heavy atom. The van der Waals surface area contributed by atoms with Crippen molar-refractivity contribution in [1.82, 2.24) is 0 Å². The molecule has 1 aromatic carbocycles. The lowest BCUT2D eigenvalue weighted by Gasteiger charge is -2.11. The van der Waals surface area contributed by atoms with Crippen LogP contribution in [0.25, 0.3) is 11.3 Å². The third-order valence-electron chi connectivity index (χ3n) is 4.63. The summed E-state index contributed by atoms with van der Waals surface area (Å²) in [6, 6.07) is 5.43. The Labute approximate surface area is 189 Å². The number of ketones is 1. The summed E-state index contributed by atoms with van der Waals surface area (Å²) in [4.78, 5) is 52.3. The summed E-state index contributed by atoms with van der Waals surface area (Å²) in [5, 5.41) is 10.6. The van der Waals surface area contributed by atoms with Gasteiger partial charge in [-0.15, -0.1) is 21.5 Å². The lowest BCUT2D eigenvalue weighted by atomic mass is 10.00. The van der Waals surface area contributed by atoms with E-state index in [1.165, 1.54) is 11.3 Å². The Morgan fingerprint density at radius 1 is 1.31 bits per heavy atom. The van der Waals surface area contributed by atoms with Gasteiger partial charge in [0.2, 0.25) is 5.91 Å². The van der Waals surface area contributed by atoms with Crippen LogP contribution in [-0.4, -0.2) is 29.4 Å². The van der Waals surface area contributed by atoms with Crippen LogP contribution in [0.4, 0.5) is 4.39 Å². The Morgan fingerprint density at radius 3 is 2.69 bits per heavy atom. The highest BCUT2D eigenvalue weighted by atomic mass is 35.5. The van der Waals surface area contributed by atoms with E-state index in [0.717, 1.165) is 12.1 Å². The van der Waals surface area contributed by atoms with Crippen molar-refractivity contribution in [3.05, 3.63) is 66.6 Å². The highest BCUT2D eigenvalue weighted by Crippen LogP contribution is 2.44. The van der Waals surface area contributed by atoms with Gasteiger partial charge in [0.25, 0.3) is 5.09 Å². The molecule has 9 nitrogen and oxygen atoms in total. The van der Waals surface area contributed by atoms with Crippen LogP contribution in [0.3, 0.4) is 0 Å². The molecule has 0 aliphatic heterocycles. The van der Waals surface area contributed by atoms with Crippen LogP contribution in [0.15, 0.2) is 29.6 Å². The Bertz CT molecular complexity index is 1120. The fraction of sp³-hybridized carbons (Fsp3) is 0.250. The van der Waals surface area contributed by atoms with Gasteiger partial charge in [0.1, 0.15) is 11.7 Å². The summed E-state index contributed by atoms with van der Waals surface area (Å²) in [6.45, 7) is -0.175. The molecule has 0 fully saturated rings. The van der Waals surface area contributed by atoms with E-state index >= 15 is 0 Å². The van der Waals surface area contributed by atoms with Crippen molar-refractivity contribution in [2.45, 2.75) is 25.2 Å². The number of nitrogens with zero attached hydrogens (tertiary/aromatic N) is 1. The van der Waals surface area contributed by atoms with E-state index in [4.69, 9.17) is 22.1 Å². The van der Waals surface area contributed by atoms with Gasteiger partial charge < -0.3 is 15.3 Å². The molecule has 0 spiro atoms. The minimum absolute atomic E-state index is 0.0660. The number of unbranched alkanes of at least 4 members (excludes halogenated alkanes) is 1. The van der Waals surface area contributed by atoms with Gasteiger partial charge in [0.05, 0.1) is 22.1 Å². The second kappa shape index (κ2) is 9.88. The number of thiophene rings is 1. The number of primary amides is 1. The second-order valence-corrected chi connectivity index (χ2v) is 8.08. The van der Waals surface area contributed by atoms with Crippen molar-refractivity contribution in [3.8, 4) is 0 Å². The second-order valence-electron chi connectivity index (χ2n) is 6.72. The first kappa shape index (κ1) is 23.4. The van der Waals surface area contributed by atoms with Gasteiger partial charge in [-0.05, 0) is 47.5 Å². The highest BCUT2D eigenvalue weighted by molar-refractivity contribution is 7.11. The molecule has 0 saturated carbocycles. The van der Waals surface area contributed by atoms with Crippen molar-refractivity contribution in [1.29, 1.82) is 0 Å². The quantitative estimate of drug-likeness (QED) is 0.110. The number of Topliss-reactive ketones (excluding diaryl/α,β-unsaturated/α-hetero) is 1. The molecule has 2 N–H and O–H groups in total. The van der Waals surface area contributed by atoms with E-state index < -0.39 is 34.5 Å². The number of nitrogens with two attached hydrogens (primary N) is 1. The number of amides is 1. The molecule has 12 heteroatoms. The van der Waals surface area contributed by atoms with E-state index in [1.807, 2.05) is 0 Å². The zero-order valence-electron chi connectivity index (χ0n) is 16.3. The summed E-state index contributed by atoms with van der Waals surface area (Å²) < 4.78 is 19.7. The topological polar surface area (TPSA) is 139 Å². The van der Waals surface area contributed by atoms with Crippen molar-refractivity contribution in [3.63, 3.8) is 0 Å². The van der Waals surface area contributed by atoms with E-state index in [-0.39, 0.29) is 53.4 Å². The molecule has 2 aromatic rings. The van der Waals surface area contributed by atoms with Gasteiger partial charge in [0, 0.05) is 6.42 Å². The van der Waals surface area contributed by atoms with Crippen molar-refractivity contribution < 1.29 is 33.4 Å². The number of carbonyl (C=O) groups excluding carboxylic acids is 3. The Balaban J connectivity index is 1.97. The number of esters is 1. The van der Waals surface area contributed by atoms with Gasteiger partial charge >= 0.3 is 5.97 Å². The predicted octanol–water partition coefficient (Wildman–Crippen LogP) is 3.48. The van der Waals surface area contributed by atoms with Gasteiger partial charge in [0.15, 0.2) is 11.5 Å². The summed E-state index contributed by atoms with van der Waals surface area (Å²) >= 11 is 7.00. The molecular formula is C20H16ClFN2O7S. The van der Waals surface area contributed by atoms with Crippen LogP contribution < -0.4 is 5.73 Å². The number of allylic oxidation sites excluding steroid dienone is 1. The molecule has 0 saturated heterocycles. The number of halogens is 2. The largest absolute Gasteiger partial charge is 0.424 e. The van der Waals surface area contributed by atoms with E-state index in [9.17, 15) is 28.9 Å². The van der Waals surface area contributed by atoms with Crippen LogP contribution in [0.2, 0.25) is 5.02 Å². The number of hydrogen-bond acceptors (Lipinski definition) is 8. The molecule has 1 atom stereocenters. The third kappa shape index (κ3) is 4.94.